The van der Waals surface area contributed by atoms with Gasteiger partial charge in [-0.3, -0.25) is 0 Å². The zero-order valence-corrected chi connectivity index (χ0v) is 14.0. The fraction of sp³-hybridized carbons (Fsp3) is 0.647. The van der Waals surface area contributed by atoms with Crippen LogP contribution in [0.2, 0.25) is 0 Å². The topological polar surface area (TPSA) is 27.7 Å². The summed E-state index contributed by atoms with van der Waals surface area (Å²) in [5, 5.41) is 3.36. The van der Waals surface area contributed by atoms with Gasteiger partial charge in [0, 0.05) is 36.4 Å². The molecule has 0 radical (unpaired) electrons. The number of nitrogens with one attached hydrogen (secondary N) is 1. The largest absolute Gasteiger partial charge is 0.496 e. The number of anilines is 1. The van der Waals surface area contributed by atoms with Crippen molar-refractivity contribution >= 4 is 5.69 Å². The van der Waals surface area contributed by atoms with Crippen LogP contribution in [0.4, 0.5) is 5.69 Å². The number of hydrogen-bond acceptors (Lipinski definition) is 4. The van der Waals surface area contributed by atoms with Crippen molar-refractivity contribution in [3.05, 3.63) is 23.8 Å². The number of benzene rings is 1. The summed E-state index contributed by atoms with van der Waals surface area (Å²) in [6, 6.07) is 7.16. The summed E-state index contributed by atoms with van der Waals surface area (Å²) in [6.45, 7) is 7.87. The second kappa shape index (κ2) is 7.14. The summed E-state index contributed by atoms with van der Waals surface area (Å²) in [7, 11) is 5.97. The predicted octanol–water partition coefficient (Wildman–Crippen LogP) is 2.51. The molecule has 2 unspecified atom stereocenters. The minimum atomic E-state index is 0.268. The molecule has 1 fully saturated rings. The third-order valence-corrected chi connectivity index (χ3v) is 4.49. The SMILES string of the molecule is CNC(C)c1c(OC)cccc1N1CCCN(C)CC1C. The molecule has 1 heterocycles. The Kier molecular flexibility index (Phi) is 5.48. The quantitative estimate of drug-likeness (QED) is 0.922. The van der Waals surface area contributed by atoms with E-state index in [-0.39, 0.29) is 6.04 Å². The van der Waals surface area contributed by atoms with E-state index in [1.807, 2.05) is 7.05 Å². The summed E-state index contributed by atoms with van der Waals surface area (Å²) in [4.78, 5) is 4.96. The standard InChI is InChI=1S/C17H29N3O/c1-13-12-19(4)10-7-11-20(13)15-8-6-9-16(21-5)17(15)14(2)18-3/h6,8-9,13-14,18H,7,10-12H2,1-5H3. The highest BCUT2D eigenvalue weighted by Gasteiger charge is 2.25. The Balaban J connectivity index is 2.42. The molecule has 0 bridgehead atoms. The Labute approximate surface area is 129 Å². The van der Waals surface area contributed by atoms with Crippen molar-refractivity contribution in [3.8, 4) is 5.75 Å². The van der Waals surface area contributed by atoms with Gasteiger partial charge < -0.3 is 19.9 Å². The lowest BCUT2D eigenvalue weighted by Crippen LogP contribution is -2.38. The van der Waals surface area contributed by atoms with Crippen LogP contribution in [-0.2, 0) is 0 Å². The molecule has 118 valence electrons. The van der Waals surface area contributed by atoms with E-state index in [4.69, 9.17) is 4.74 Å². The molecule has 1 N–H and O–H groups in total. The van der Waals surface area contributed by atoms with Crippen LogP contribution in [0.5, 0.6) is 5.75 Å². The fourth-order valence-corrected chi connectivity index (χ4v) is 3.27. The maximum absolute atomic E-state index is 5.61. The third-order valence-electron chi connectivity index (χ3n) is 4.49. The highest BCUT2D eigenvalue weighted by atomic mass is 16.5. The average molecular weight is 291 g/mol. The molecule has 1 aromatic carbocycles. The van der Waals surface area contributed by atoms with Gasteiger partial charge in [0.2, 0.25) is 0 Å². The van der Waals surface area contributed by atoms with Gasteiger partial charge in [-0.05, 0) is 53.0 Å². The highest BCUT2D eigenvalue weighted by Crippen LogP contribution is 2.36. The molecular formula is C17H29N3O. The Hall–Kier alpha value is -1.26. The first kappa shape index (κ1) is 16.1. The van der Waals surface area contributed by atoms with Crippen molar-refractivity contribution in [2.45, 2.75) is 32.4 Å². The van der Waals surface area contributed by atoms with Crippen molar-refractivity contribution in [1.82, 2.24) is 10.2 Å². The zero-order chi connectivity index (χ0) is 15.4. The van der Waals surface area contributed by atoms with Gasteiger partial charge in [0.25, 0.3) is 0 Å². The molecule has 0 amide bonds. The van der Waals surface area contributed by atoms with Gasteiger partial charge in [-0.25, -0.2) is 0 Å². The summed E-state index contributed by atoms with van der Waals surface area (Å²) in [5.74, 6) is 0.971. The molecule has 0 spiro atoms. The average Bonchev–Trinajstić information content (AvgIpc) is 2.65. The Bertz CT molecular complexity index is 463. The lowest BCUT2D eigenvalue weighted by Gasteiger charge is -2.33. The molecule has 1 aliphatic rings. The van der Waals surface area contributed by atoms with Crippen LogP contribution >= 0.6 is 0 Å². The summed E-state index contributed by atoms with van der Waals surface area (Å²) in [5.41, 5.74) is 2.57. The predicted molar refractivity (Wildman–Crippen MR) is 89.4 cm³/mol. The van der Waals surface area contributed by atoms with E-state index in [2.05, 4.69) is 54.2 Å². The maximum atomic E-state index is 5.61. The first-order valence-electron chi connectivity index (χ1n) is 7.87. The normalized spacial score (nSPS) is 22.0. The van der Waals surface area contributed by atoms with Gasteiger partial charge in [-0.1, -0.05) is 6.07 Å². The van der Waals surface area contributed by atoms with E-state index in [1.54, 1.807) is 7.11 Å². The van der Waals surface area contributed by atoms with Crippen LogP contribution in [0.25, 0.3) is 0 Å². The van der Waals surface area contributed by atoms with Crippen LogP contribution < -0.4 is 15.0 Å². The van der Waals surface area contributed by atoms with Gasteiger partial charge in [0.1, 0.15) is 5.75 Å². The second-order valence-corrected chi connectivity index (χ2v) is 6.06. The molecule has 0 aromatic heterocycles. The molecule has 2 rings (SSSR count). The van der Waals surface area contributed by atoms with E-state index in [0.29, 0.717) is 6.04 Å². The number of likely N-dealkylation sites (N-methyl/N-ethyl adjacent to an activating group) is 1. The smallest absolute Gasteiger partial charge is 0.125 e. The zero-order valence-electron chi connectivity index (χ0n) is 14.0. The second-order valence-electron chi connectivity index (χ2n) is 6.06. The molecule has 1 aromatic rings. The van der Waals surface area contributed by atoms with E-state index in [1.165, 1.54) is 24.2 Å². The van der Waals surface area contributed by atoms with Gasteiger partial charge in [-0.15, -0.1) is 0 Å². The molecule has 1 aliphatic heterocycles. The number of nitrogens with zero attached hydrogens (tertiary/aromatic N) is 2. The van der Waals surface area contributed by atoms with E-state index in [0.717, 1.165) is 18.8 Å². The van der Waals surface area contributed by atoms with Crippen LogP contribution in [0, 0.1) is 0 Å². The van der Waals surface area contributed by atoms with E-state index in [9.17, 15) is 0 Å². The maximum Gasteiger partial charge on any atom is 0.125 e. The number of methoxy groups -OCH3 is 1. The Morgan fingerprint density at radius 1 is 1.33 bits per heavy atom. The summed E-state index contributed by atoms with van der Waals surface area (Å²) in [6.07, 6.45) is 1.20. The van der Waals surface area contributed by atoms with Crippen molar-refractivity contribution in [1.29, 1.82) is 0 Å². The molecule has 2 atom stereocenters. The fourth-order valence-electron chi connectivity index (χ4n) is 3.27. The van der Waals surface area contributed by atoms with E-state index >= 15 is 0 Å². The minimum absolute atomic E-state index is 0.268. The Morgan fingerprint density at radius 2 is 2.10 bits per heavy atom. The Morgan fingerprint density at radius 3 is 2.76 bits per heavy atom. The summed E-state index contributed by atoms with van der Waals surface area (Å²) < 4.78 is 5.61. The molecule has 0 aliphatic carbocycles. The van der Waals surface area contributed by atoms with Gasteiger partial charge in [0.05, 0.1) is 7.11 Å². The van der Waals surface area contributed by atoms with Crippen LogP contribution in [-0.4, -0.2) is 51.8 Å². The van der Waals surface area contributed by atoms with Crippen LogP contribution in [0.15, 0.2) is 18.2 Å². The molecule has 4 nitrogen and oxygen atoms in total. The number of hydrogen-bond donors (Lipinski definition) is 1. The van der Waals surface area contributed by atoms with Crippen molar-refractivity contribution in [2.75, 3.05) is 45.7 Å². The summed E-state index contributed by atoms with van der Waals surface area (Å²) >= 11 is 0. The van der Waals surface area contributed by atoms with Crippen LogP contribution in [0.3, 0.4) is 0 Å². The highest BCUT2D eigenvalue weighted by molar-refractivity contribution is 5.61. The third kappa shape index (κ3) is 3.50. The molecule has 4 heteroatoms. The first-order valence-corrected chi connectivity index (χ1v) is 7.87. The lowest BCUT2D eigenvalue weighted by atomic mass is 10.0. The monoisotopic (exact) mass is 291 g/mol. The number of rotatable bonds is 4. The van der Waals surface area contributed by atoms with Gasteiger partial charge >= 0.3 is 0 Å². The van der Waals surface area contributed by atoms with Crippen molar-refractivity contribution < 1.29 is 4.74 Å². The molecule has 0 saturated carbocycles. The number of ether oxygens (including phenoxy) is 1. The first-order chi connectivity index (χ1) is 10.1. The van der Waals surface area contributed by atoms with Crippen molar-refractivity contribution in [3.63, 3.8) is 0 Å². The molecule has 21 heavy (non-hydrogen) atoms. The van der Waals surface area contributed by atoms with Gasteiger partial charge in [-0.2, -0.15) is 0 Å². The minimum Gasteiger partial charge on any atom is -0.496 e. The van der Waals surface area contributed by atoms with E-state index < -0.39 is 0 Å². The molecular weight excluding hydrogens is 262 g/mol. The molecule has 1 saturated heterocycles. The van der Waals surface area contributed by atoms with Gasteiger partial charge in [0.15, 0.2) is 0 Å². The van der Waals surface area contributed by atoms with Crippen molar-refractivity contribution in [2.24, 2.45) is 0 Å². The lowest BCUT2D eigenvalue weighted by molar-refractivity contribution is 0.337. The van der Waals surface area contributed by atoms with Crippen LogP contribution in [0.1, 0.15) is 31.9 Å².